The van der Waals surface area contributed by atoms with E-state index in [1.807, 2.05) is 23.2 Å². The van der Waals surface area contributed by atoms with E-state index in [1.165, 1.54) is 0 Å². The van der Waals surface area contributed by atoms with Crippen molar-refractivity contribution < 1.29 is 4.79 Å². The van der Waals surface area contributed by atoms with Crippen molar-refractivity contribution in [2.75, 3.05) is 18.4 Å². The van der Waals surface area contributed by atoms with Crippen molar-refractivity contribution in [1.82, 2.24) is 19.9 Å². The van der Waals surface area contributed by atoms with Crippen LogP contribution in [0, 0.1) is 5.92 Å². The van der Waals surface area contributed by atoms with Gasteiger partial charge in [-0.05, 0) is 30.4 Å². The number of hydrogen-bond acceptors (Lipinski definition) is 5. The molecule has 1 N–H and O–H groups in total. The zero-order valence-electron chi connectivity index (χ0n) is 14.1. The zero-order valence-corrected chi connectivity index (χ0v) is 14.1. The molecule has 0 bridgehead atoms. The van der Waals surface area contributed by atoms with Crippen LogP contribution in [0.4, 0.5) is 5.82 Å². The largest absolute Gasteiger partial charge is 0.362 e. The number of likely N-dealkylation sites (tertiary alicyclic amines) is 1. The normalized spacial score (nSPS) is 15.5. The van der Waals surface area contributed by atoms with E-state index in [4.69, 9.17) is 0 Å². The Kier molecular flexibility index (Phi) is 5.03. The van der Waals surface area contributed by atoms with Gasteiger partial charge in [-0.3, -0.25) is 14.8 Å². The lowest BCUT2D eigenvalue weighted by Gasteiger charge is -2.23. The second kappa shape index (κ2) is 7.38. The Balaban J connectivity index is 1.79. The highest BCUT2D eigenvalue weighted by molar-refractivity contribution is 5.92. The van der Waals surface area contributed by atoms with Gasteiger partial charge in [0, 0.05) is 25.5 Å². The predicted octanol–water partition coefficient (Wildman–Crippen LogP) is 2.92. The SMILES string of the molecule is CC(C)C(Nc1cncc(C(=O)N2CCCC2)n1)c1cccnc1. The summed E-state index contributed by atoms with van der Waals surface area (Å²) in [5.41, 5.74) is 1.49. The molecular weight excluding hydrogens is 302 g/mol. The fraction of sp³-hybridized carbons (Fsp3) is 0.444. The Hall–Kier alpha value is -2.50. The number of hydrogen-bond donors (Lipinski definition) is 1. The summed E-state index contributed by atoms with van der Waals surface area (Å²) in [6.45, 7) is 5.89. The first kappa shape index (κ1) is 16.4. The molecule has 0 spiro atoms. The summed E-state index contributed by atoms with van der Waals surface area (Å²) in [6.07, 6.45) is 8.94. The summed E-state index contributed by atoms with van der Waals surface area (Å²) >= 11 is 0. The molecule has 0 radical (unpaired) electrons. The van der Waals surface area contributed by atoms with Gasteiger partial charge < -0.3 is 10.2 Å². The molecule has 1 aliphatic rings. The number of amides is 1. The van der Waals surface area contributed by atoms with Crippen LogP contribution in [0.15, 0.2) is 36.9 Å². The van der Waals surface area contributed by atoms with Gasteiger partial charge in [0.05, 0.1) is 18.4 Å². The fourth-order valence-corrected chi connectivity index (χ4v) is 2.97. The molecule has 1 atom stereocenters. The third-order valence-corrected chi connectivity index (χ3v) is 4.26. The molecule has 1 amide bonds. The zero-order chi connectivity index (χ0) is 16.9. The van der Waals surface area contributed by atoms with E-state index < -0.39 is 0 Å². The number of carbonyl (C=O) groups excluding carboxylic acids is 1. The lowest BCUT2D eigenvalue weighted by Crippen LogP contribution is -2.29. The number of aromatic nitrogens is 3. The molecule has 1 saturated heterocycles. The maximum Gasteiger partial charge on any atom is 0.274 e. The van der Waals surface area contributed by atoms with Crippen LogP contribution in [0.2, 0.25) is 0 Å². The van der Waals surface area contributed by atoms with Gasteiger partial charge in [0.1, 0.15) is 11.5 Å². The van der Waals surface area contributed by atoms with Crippen molar-refractivity contribution in [3.8, 4) is 0 Å². The van der Waals surface area contributed by atoms with Gasteiger partial charge in [-0.25, -0.2) is 4.98 Å². The van der Waals surface area contributed by atoms with Crippen LogP contribution in [-0.2, 0) is 0 Å². The van der Waals surface area contributed by atoms with E-state index in [-0.39, 0.29) is 11.9 Å². The molecule has 1 aliphatic heterocycles. The number of nitrogens with zero attached hydrogens (tertiary/aromatic N) is 4. The molecule has 0 saturated carbocycles. The van der Waals surface area contributed by atoms with Gasteiger partial charge in [0.25, 0.3) is 5.91 Å². The number of nitrogens with one attached hydrogen (secondary N) is 1. The Morgan fingerprint density at radius 1 is 1.17 bits per heavy atom. The van der Waals surface area contributed by atoms with E-state index in [0.717, 1.165) is 31.5 Å². The molecule has 6 nitrogen and oxygen atoms in total. The minimum Gasteiger partial charge on any atom is -0.362 e. The predicted molar refractivity (Wildman–Crippen MR) is 92.6 cm³/mol. The minimum atomic E-state index is -0.0360. The standard InChI is InChI=1S/C18H23N5O/c1-13(2)17(14-6-5-7-19-10-14)22-16-12-20-11-15(21-16)18(24)23-8-3-4-9-23/h5-7,10-13,17H,3-4,8-9H2,1-2H3,(H,21,22). The number of anilines is 1. The third-order valence-electron chi connectivity index (χ3n) is 4.26. The molecule has 3 rings (SSSR count). The molecule has 1 fully saturated rings. The first-order valence-electron chi connectivity index (χ1n) is 8.43. The molecule has 126 valence electrons. The number of rotatable bonds is 5. The Morgan fingerprint density at radius 2 is 1.96 bits per heavy atom. The topological polar surface area (TPSA) is 71.0 Å². The van der Waals surface area contributed by atoms with Crippen LogP contribution in [0.5, 0.6) is 0 Å². The maximum atomic E-state index is 12.5. The highest BCUT2D eigenvalue weighted by Crippen LogP contribution is 2.25. The summed E-state index contributed by atoms with van der Waals surface area (Å²) in [6, 6.07) is 4.02. The summed E-state index contributed by atoms with van der Waals surface area (Å²) < 4.78 is 0. The molecule has 24 heavy (non-hydrogen) atoms. The van der Waals surface area contributed by atoms with Crippen LogP contribution in [0.1, 0.15) is 48.8 Å². The Bertz CT molecular complexity index is 683. The van der Waals surface area contributed by atoms with E-state index >= 15 is 0 Å². The second-order valence-electron chi connectivity index (χ2n) is 6.44. The van der Waals surface area contributed by atoms with Gasteiger partial charge >= 0.3 is 0 Å². The van der Waals surface area contributed by atoms with E-state index in [2.05, 4.69) is 34.1 Å². The summed E-state index contributed by atoms with van der Waals surface area (Å²) in [5.74, 6) is 0.919. The molecule has 0 aromatic carbocycles. The van der Waals surface area contributed by atoms with Crippen LogP contribution in [0.25, 0.3) is 0 Å². The van der Waals surface area contributed by atoms with Crippen molar-refractivity contribution in [1.29, 1.82) is 0 Å². The van der Waals surface area contributed by atoms with Gasteiger partial charge in [-0.2, -0.15) is 0 Å². The van der Waals surface area contributed by atoms with E-state index in [1.54, 1.807) is 18.6 Å². The molecule has 3 heterocycles. The fourth-order valence-electron chi connectivity index (χ4n) is 2.97. The van der Waals surface area contributed by atoms with Crippen molar-refractivity contribution in [3.05, 3.63) is 48.2 Å². The lowest BCUT2D eigenvalue weighted by molar-refractivity contribution is 0.0786. The van der Waals surface area contributed by atoms with Crippen molar-refractivity contribution in [3.63, 3.8) is 0 Å². The van der Waals surface area contributed by atoms with Crippen LogP contribution < -0.4 is 5.32 Å². The van der Waals surface area contributed by atoms with Gasteiger partial charge in [0.15, 0.2) is 0 Å². The molecule has 1 unspecified atom stereocenters. The Labute approximate surface area is 142 Å². The molecule has 2 aromatic heterocycles. The minimum absolute atomic E-state index is 0.0360. The summed E-state index contributed by atoms with van der Waals surface area (Å²) in [7, 11) is 0. The monoisotopic (exact) mass is 325 g/mol. The summed E-state index contributed by atoms with van der Waals surface area (Å²) in [5, 5.41) is 3.40. The quantitative estimate of drug-likeness (QED) is 0.915. The first-order valence-corrected chi connectivity index (χ1v) is 8.43. The lowest BCUT2D eigenvalue weighted by atomic mass is 9.97. The third kappa shape index (κ3) is 3.69. The Morgan fingerprint density at radius 3 is 2.62 bits per heavy atom. The summed E-state index contributed by atoms with van der Waals surface area (Å²) in [4.78, 5) is 27.2. The van der Waals surface area contributed by atoms with E-state index in [0.29, 0.717) is 17.4 Å². The van der Waals surface area contributed by atoms with Gasteiger partial charge in [0.2, 0.25) is 0 Å². The van der Waals surface area contributed by atoms with Crippen molar-refractivity contribution >= 4 is 11.7 Å². The average Bonchev–Trinajstić information content (AvgIpc) is 3.14. The smallest absolute Gasteiger partial charge is 0.274 e. The molecule has 0 aliphatic carbocycles. The van der Waals surface area contributed by atoms with Crippen molar-refractivity contribution in [2.45, 2.75) is 32.7 Å². The van der Waals surface area contributed by atoms with Crippen LogP contribution >= 0.6 is 0 Å². The molecular formula is C18H23N5O. The van der Waals surface area contributed by atoms with Crippen molar-refractivity contribution in [2.24, 2.45) is 5.92 Å². The second-order valence-corrected chi connectivity index (χ2v) is 6.44. The molecule has 6 heteroatoms. The van der Waals surface area contributed by atoms with Crippen LogP contribution in [-0.4, -0.2) is 38.8 Å². The number of carbonyl (C=O) groups is 1. The average molecular weight is 325 g/mol. The van der Waals surface area contributed by atoms with Gasteiger partial charge in [-0.1, -0.05) is 19.9 Å². The number of pyridine rings is 1. The molecule has 2 aromatic rings. The highest BCUT2D eigenvalue weighted by atomic mass is 16.2. The maximum absolute atomic E-state index is 12.5. The van der Waals surface area contributed by atoms with Crippen LogP contribution in [0.3, 0.4) is 0 Å². The highest BCUT2D eigenvalue weighted by Gasteiger charge is 2.22. The first-order chi connectivity index (χ1) is 11.6. The van der Waals surface area contributed by atoms with E-state index in [9.17, 15) is 4.79 Å². The van der Waals surface area contributed by atoms with Gasteiger partial charge in [-0.15, -0.1) is 0 Å².